The van der Waals surface area contributed by atoms with Crippen molar-refractivity contribution in [3.05, 3.63) is 40.8 Å². The van der Waals surface area contributed by atoms with Gasteiger partial charge in [-0.1, -0.05) is 13.8 Å². The van der Waals surface area contributed by atoms with Crippen molar-refractivity contribution < 1.29 is 32.9 Å². The first kappa shape index (κ1) is 25.0. The average Bonchev–Trinajstić information content (AvgIpc) is 2.69. The molecule has 0 amide bonds. The summed E-state index contributed by atoms with van der Waals surface area (Å²) in [4.78, 5) is 19.9. The summed E-state index contributed by atoms with van der Waals surface area (Å²) in [6, 6.07) is 4.07. The van der Waals surface area contributed by atoms with Crippen LogP contribution in [0.15, 0.2) is 18.2 Å². The number of carbonyl (C=O) groups is 1. The van der Waals surface area contributed by atoms with E-state index in [1.807, 2.05) is 13.8 Å². The third-order valence-electron chi connectivity index (χ3n) is 5.83. The Kier molecular flexibility index (Phi) is 7.06. The van der Waals surface area contributed by atoms with Gasteiger partial charge in [-0.25, -0.2) is 27.1 Å². The second-order valence-electron chi connectivity index (χ2n) is 8.72. The number of aliphatic hydroxyl groups is 2. The molecule has 1 aliphatic carbocycles. The van der Waals surface area contributed by atoms with Crippen LogP contribution in [-0.4, -0.2) is 65.2 Å². The maximum absolute atomic E-state index is 14.2. The predicted octanol–water partition coefficient (Wildman–Crippen LogP) is 2.03. The number of fused-ring (bicyclic) bond motifs is 3. The first-order valence-electron chi connectivity index (χ1n) is 10.5. The van der Waals surface area contributed by atoms with Gasteiger partial charge in [0.05, 0.1) is 36.3 Å². The van der Waals surface area contributed by atoms with Crippen molar-refractivity contribution in [3.8, 4) is 11.3 Å². The summed E-state index contributed by atoms with van der Waals surface area (Å²) >= 11 is 0. The molecule has 0 unspecified atom stereocenters. The lowest BCUT2D eigenvalue weighted by molar-refractivity contribution is -0.139. The average molecular weight is 482 g/mol. The number of hydrogen-bond donors (Lipinski definition) is 3. The molecule has 1 aromatic carbocycles. The second kappa shape index (κ2) is 9.32. The smallest absolute Gasteiger partial charge is 0.305 e. The summed E-state index contributed by atoms with van der Waals surface area (Å²) < 4.78 is 39.3. The van der Waals surface area contributed by atoms with Gasteiger partial charge < -0.3 is 15.3 Å². The molecule has 0 spiro atoms. The number of aliphatic hydroxyl groups excluding tert-OH is 2. The first-order valence-corrected chi connectivity index (χ1v) is 12.4. The largest absolute Gasteiger partial charge is 0.481 e. The van der Waals surface area contributed by atoms with E-state index in [1.165, 1.54) is 25.2 Å². The van der Waals surface area contributed by atoms with Gasteiger partial charge in [0, 0.05) is 30.5 Å². The number of rotatable bonds is 8. The fraction of sp³-hybridized carbons (Fsp3) is 0.500. The summed E-state index contributed by atoms with van der Waals surface area (Å²) in [6.07, 6.45) is -1.85. The number of benzene rings is 1. The van der Waals surface area contributed by atoms with Gasteiger partial charge in [0.25, 0.3) is 0 Å². The van der Waals surface area contributed by atoms with Crippen LogP contribution < -0.4 is 4.31 Å². The van der Waals surface area contributed by atoms with E-state index in [9.17, 15) is 27.8 Å². The minimum Gasteiger partial charge on any atom is -0.481 e. The van der Waals surface area contributed by atoms with Gasteiger partial charge in [0.1, 0.15) is 5.82 Å². The van der Waals surface area contributed by atoms with Crippen LogP contribution in [0.4, 0.5) is 10.3 Å². The van der Waals surface area contributed by atoms with E-state index >= 15 is 0 Å². The van der Waals surface area contributed by atoms with E-state index in [-0.39, 0.29) is 24.7 Å². The Bertz CT molecular complexity index is 1170. The Morgan fingerprint density at radius 1 is 1.27 bits per heavy atom. The topological polar surface area (TPSA) is 141 Å². The fourth-order valence-electron chi connectivity index (χ4n) is 4.14. The molecule has 1 aromatic heterocycles. The molecular formula is C22H28FN3O6S. The Balaban J connectivity index is 2.15. The minimum absolute atomic E-state index is 0.00824. The zero-order valence-corrected chi connectivity index (χ0v) is 19.7. The molecule has 180 valence electrons. The normalized spacial score (nSPS) is 17.3. The van der Waals surface area contributed by atoms with Gasteiger partial charge in [-0.3, -0.25) is 4.79 Å². The molecule has 33 heavy (non-hydrogen) atoms. The van der Waals surface area contributed by atoms with Crippen molar-refractivity contribution in [3.63, 3.8) is 0 Å². The van der Waals surface area contributed by atoms with Crippen LogP contribution in [0.5, 0.6) is 0 Å². The molecule has 0 bridgehead atoms. The summed E-state index contributed by atoms with van der Waals surface area (Å²) in [5.74, 6) is -2.46. The van der Waals surface area contributed by atoms with Gasteiger partial charge in [0.15, 0.2) is 0 Å². The number of nitrogens with zero attached hydrogens (tertiary/aromatic N) is 3. The van der Waals surface area contributed by atoms with E-state index in [0.29, 0.717) is 28.1 Å². The number of aliphatic carboxylic acids is 1. The molecule has 0 saturated heterocycles. The number of anilines is 1. The standard InChI is InChI=1S/C22H28FN3O6S/c1-11(2)20-17-10-16(18(28)8-13(27)9-19(29)30)15-7-12(23)5-6-14(15)21(17)25-22(24-20)26(3)33(4,31)32/h5-7,11,13,16,18,27-28H,8-10H2,1-4H3,(H,29,30)/t13-,16+,18+/m1/s1. The molecule has 1 aliphatic rings. The highest BCUT2D eigenvalue weighted by Gasteiger charge is 2.35. The van der Waals surface area contributed by atoms with Crippen LogP contribution in [0.25, 0.3) is 11.3 Å². The zero-order valence-electron chi connectivity index (χ0n) is 18.9. The van der Waals surface area contributed by atoms with Crippen LogP contribution in [0.2, 0.25) is 0 Å². The van der Waals surface area contributed by atoms with Gasteiger partial charge >= 0.3 is 5.97 Å². The lowest BCUT2D eigenvalue weighted by atomic mass is 9.75. The van der Waals surface area contributed by atoms with E-state index in [0.717, 1.165) is 10.6 Å². The fourth-order valence-corrected chi connectivity index (χ4v) is 4.52. The van der Waals surface area contributed by atoms with Crippen molar-refractivity contribution in [1.82, 2.24) is 9.97 Å². The highest BCUT2D eigenvalue weighted by atomic mass is 32.2. The van der Waals surface area contributed by atoms with Crippen LogP contribution >= 0.6 is 0 Å². The quantitative estimate of drug-likeness (QED) is 0.520. The molecule has 0 radical (unpaired) electrons. The molecule has 0 fully saturated rings. The van der Waals surface area contributed by atoms with Crippen molar-refractivity contribution in [2.45, 2.75) is 57.2 Å². The van der Waals surface area contributed by atoms with E-state index in [4.69, 9.17) is 5.11 Å². The highest BCUT2D eigenvalue weighted by molar-refractivity contribution is 7.92. The Hall–Kier alpha value is -2.63. The molecule has 1 heterocycles. The van der Waals surface area contributed by atoms with E-state index < -0.39 is 46.4 Å². The third kappa shape index (κ3) is 5.31. The maximum Gasteiger partial charge on any atom is 0.305 e. The second-order valence-corrected chi connectivity index (χ2v) is 10.7. The van der Waals surface area contributed by atoms with Gasteiger partial charge in [-0.15, -0.1) is 0 Å². The lowest BCUT2D eigenvalue weighted by Crippen LogP contribution is -2.31. The van der Waals surface area contributed by atoms with E-state index in [2.05, 4.69) is 9.97 Å². The van der Waals surface area contributed by atoms with Crippen LogP contribution in [0.1, 0.15) is 55.3 Å². The van der Waals surface area contributed by atoms with E-state index in [1.54, 1.807) is 0 Å². The van der Waals surface area contributed by atoms with Crippen LogP contribution in [0.3, 0.4) is 0 Å². The number of aromatic nitrogens is 2. The lowest BCUT2D eigenvalue weighted by Gasteiger charge is -2.33. The van der Waals surface area contributed by atoms with Crippen molar-refractivity contribution in [2.75, 3.05) is 17.6 Å². The number of halogens is 1. The Labute approximate surface area is 192 Å². The summed E-state index contributed by atoms with van der Waals surface area (Å²) in [7, 11) is -2.27. The Morgan fingerprint density at radius 3 is 2.52 bits per heavy atom. The van der Waals surface area contributed by atoms with Gasteiger partial charge in [-0.2, -0.15) is 0 Å². The Morgan fingerprint density at radius 2 is 1.94 bits per heavy atom. The van der Waals surface area contributed by atoms with Crippen LogP contribution in [0, 0.1) is 5.82 Å². The first-order chi connectivity index (χ1) is 15.3. The predicted molar refractivity (Wildman–Crippen MR) is 120 cm³/mol. The molecule has 9 nitrogen and oxygen atoms in total. The van der Waals surface area contributed by atoms with Crippen LogP contribution in [-0.2, 0) is 21.2 Å². The molecule has 3 atom stereocenters. The number of carboxylic acid groups (broad SMARTS) is 1. The van der Waals surface area contributed by atoms with Gasteiger partial charge in [-0.05, 0) is 36.1 Å². The molecule has 2 aromatic rings. The molecular weight excluding hydrogens is 453 g/mol. The summed E-state index contributed by atoms with van der Waals surface area (Å²) in [5, 5.41) is 29.8. The monoisotopic (exact) mass is 481 g/mol. The number of sulfonamides is 1. The molecule has 11 heteroatoms. The summed E-state index contributed by atoms with van der Waals surface area (Å²) in [5.41, 5.74) is 2.75. The van der Waals surface area contributed by atoms with Crippen molar-refractivity contribution >= 4 is 21.9 Å². The number of carboxylic acids is 1. The molecule has 0 saturated carbocycles. The van der Waals surface area contributed by atoms with Gasteiger partial charge in [0.2, 0.25) is 16.0 Å². The molecule has 3 N–H and O–H groups in total. The third-order valence-corrected chi connectivity index (χ3v) is 6.99. The zero-order chi connectivity index (χ0) is 24.7. The highest BCUT2D eigenvalue weighted by Crippen LogP contribution is 2.44. The minimum atomic E-state index is -3.62. The SMILES string of the molecule is CC(C)c1nc(N(C)S(C)(=O)=O)nc2c1C[C@H]([C@@H](O)C[C@@H](O)CC(=O)O)c1cc(F)ccc1-2. The summed E-state index contributed by atoms with van der Waals surface area (Å²) in [6.45, 7) is 3.80. The molecule has 3 rings (SSSR count). The maximum atomic E-state index is 14.2. The number of hydrogen-bond acceptors (Lipinski definition) is 7. The van der Waals surface area contributed by atoms with Crippen molar-refractivity contribution in [2.24, 2.45) is 0 Å². The van der Waals surface area contributed by atoms with Crippen molar-refractivity contribution in [1.29, 1.82) is 0 Å². The molecule has 0 aliphatic heterocycles.